The predicted molar refractivity (Wildman–Crippen MR) is 73.1 cm³/mol. The molecule has 0 saturated heterocycles. The van der Waals surface area contributed by atoms with Crippen LogP contribution in [0, 0.1) is 6.92 Å². The summed E-state index contributed by atoms with van der Waals surface area (Å²) in [6, 6.07) is 0.749. The molecule has 1 atom stereocenters. The third-order valence-corrected chi connectivity index (χ3v) is 3.60. The van der Waals surface area contributed by atoms with Crippen molar-refractivity contribution in [1.82, 2.24) is 15.5 Å². The Morgan fingerprint density at radius 2 is 2.19 bits per heavy atom. The first-order valence-corrected chi connectivity index (χ1v) is 6.78. The number of carboxylic acid groups (broad SMARTS) is 1. The van der Waals surface area contributed by atoms with Gasteiger partial charge in [-0.1, -0.05) is 5.16 Å². The van der Waals surface area contributed by atoms with E-state index in [2.05, 4.69) is 15.5 Å². The van der Waals surface area contributed by atoms with E-state index in [1.807, 2.05) is 0 Å². The predicted octanol–water partition coefficient (Wildman–Crippen LogP) is 1.61. The molecule has 1 aliphatic carbocycles. The van der Waals surface area contributed by atoms with E-state index in [0.29, 0.717) is 28.3 Å². The summed E-state index contributed by atoms with van der Waals surface area (Å²) < 4.78 is 5.15. The summed E-state index contributed by atoms with van der Waals surface area (Å²) in [7, 11) is 0. The normalized spacial score (nSPS) is 15.9. The van der Waals surface area contributed by atoms with E-state index < -0.39 is 17.9 Å². The molecule has 2 aromatic heterocycles. The number of amides is 1. The molecule has 110 valence electrons. The highest BCUT2D eigenvalue weighted by atomic mass is 16.5. The number of carboxylic acids is 1. The van der Waals surface area contributed by atoms with E-state index >= 15 is 0 Å². The van der Waals surface area contributed by atoms with Gasteiger partial charge in [0.25, 0.3) is 11.6 Å². The molecule has 1 amide bonds. The van der Waals surface area contributed by atoms with Crippen LogP contribution in [-0.2, 0) is 4.79 Å². The van der Waals surface area contributed by atoms with Crippen LogP contribution in [-0.4, -0.2) is 33.2 Å². The number of rotatable bonds is 4. The minimum atomic E-state index is -1.09. The fraction of sp³-hybridized carbons (Fsp3) is 0.429. The molecule has 1 fully saturated rings. The lowest BCUT2D eigenvalue weighted by Gasteiger charge is -2.10. The van der Waals surface area contributed by atoms with Crippen molar-refractivity contribution in [2.75, 3.05) is 0 Å². The zero-order valence-electron chi connectivity index (χ0n) is 11.7. The molecule has 2 aromatic rings. The highest BCUT2D eigenvalue weighted by molar-refractivity contribution is 6.07. The third-order valence-electron chi connectivity index (χ3n) is 3.60. The number of aliphatic carboxylic acids is 1. The molecule has 7 nitrogen and oxygen atoms in total. The van der Waals surface area contributed by atoms with Crippen molar-refractivity contribution in [3.05, 3.63) is 23.0 Å². The number of hydrogen-bond acceptors (Lipinski definition) is 5. The fourth-order valence-electron chi connectivity index (χ4n) is 2.22. The Labute approximate surface area is 120 Å². The Morgan fingerprint density at radius 1 is 1.48 bits per heavy atom. The van der Waals surface area contributed by atoms with Gasteiger partial charge in [0, 0.05) is 11.6 Å². The quantitative estimate of drug-likeness (QED) is 0.885. The molecule has 0 bridgehead atoms. The Bertz CT molecular complexity index is 733. The summed E-state index contributed by atoms with van der Waals surface area (Å²) in [6.07, 6.45) is 2.08. The average molecular weight is 289 g/mol. The van der Waals surface area contributed by atoms with Crippen molar-refractivity contribution in [1.29, 1.82) is 0 Å². The number of carbonyl (C=O) groups is 2. The largest absolute Gasteiger partial charge is 0.480 e. The number of aryl methyl sites for hydroxylation is 1. The first-order chi connectivity index (χ1) is 9.97. The molecule has 0 radical (unpaired) electrons. The smallest absolute Gasteiger partial charge is 0.325 e. The summed E-state index contributed by atoms with van der Waals surface area (Å²) >= 11 is 0. The van der Waals surface area contributed by atoms with Crippen molar-refractivity contribution in [2.24, 2.45) is 0 Å². The Kier molecular flexibility index (Phi) is 3.12. The average Bonchev–Trinajstić information content (AvgIpc) is 3.22. The fourth-order valence-corrected chi connectivity index (χ4v) is 2.22. The van der Waals surface area contributed by atoms with Gasteiger partial charge in [0.2, 0.25) is 0 Å². The van der Waals surface area contributed by atoms with Gasteiger partial charge in [0.05, 0.1) is 16.6 Å². The number of nitrogens with zero attached hydrogens (tertiary/aromatic N) is 2. The number of pyridine rings is 1. The lowest BCUT2D eigenvalue weighted by atomic mass is 10.1. The van der Waals surface area contributed by atoms with Gasteiger partial charge in [-0.15, -0.1) is 0 Å². The molecular formula is C14H15N3O4. The topological polar surface area (TPSA) is 105 Å². The van der Waals surface area contributed by atoms with Gasteiger partial charge in [-0.3, -0.25) is 9.59 Å². The SMILES string of the molecule is Cc1noc2nc(C3CC3)cc(C(=O)NC(C)C(=O)O)c12. The second-order valence-corrected chi connectivity index (χ2v) is 5.35. The Morgan fingerprint density at radius 3 is 2.81 bits per heavy atom. The molecule has 1 saturated carbocycles. The van der Waals surface area contributed by atoms with Gasteiger partial charge in [-0.25, -0.2) is 4.98 Å². The number of aromatic nitrogens is 2. The molecule has 21 heavy (non-hydrogen) atoms. The zero-order valence-corrected chi connectivity index (χ0v) is 11.7. The Hall–Kier alpha value is -2.44. The van der Waals surface area contributed by atoms with E-state index in [1.54, 1.807) is 13.0 Å². The zero-order chi connectivity index (χ0) is 15.1. The molecule has 0 aromatic carbocycles. The maximum atomic E-state index is 12.3. The lowest BCUT2D eigenvalue weighted by molar-refractivity contribution is -0.138. The number of nitrogens with one attached hydrogen (secondary N) is 1. The molecule has 2 N–H and O–H groups in total. The van der Waals surface area contributed by atoms with E-state index in [9.17, 15) is 9.59 Å². The van der Waals surface area contributed by atoms with Gasteiger partial charge < -0.3 is 14.9 Å². The summed E-state index contributed by atoms with van der Waals surface area (Å²) in [5.74, 6) is -1.19. The summed E-state index contributed by atoms with van der Waals surface area (Å²) in [4.78, 5) is 27.6. The molecule has 0 aliphatic heterocycles. The standard InChI is InChI=1S/C14H15N3O4/c1-6-11-9(12(18)15-7(2)14(19)20)5-10(8-3-4-8)16-13(11)21-17-6/h5,7-8H,3-4H2,1-2H3,(H,15,18)(H,19,20). The molecular weight excluding hydrogens is 274 g/mol. The highest BCUT2D eigenvalue weighted by Crippen LogP contribution is 2.40. The van der Waals surface area contributed by atoms with E-state index in [0.717, 1.165) is 18.5 Å². The van der Waals surface area contributed by atoms with Crippen molar-refractivity contribution >= 4 is 23.0 Å². The van der Waals surface area contributed by atoms with E-state index in [1.165, 1.54) is 6.92 Å². The first-order valence-electron chi connectivity index (χ1n) is 6.78. The summed E-state index contributed by atoms with van der Waals surface area (Å²) in [5, 5.41) is 15.7. The van der Waals surface area contributed by atoms with Crippen LogP contribution in [0.25, 0.3) is 11.1 Å². The second kappa shape index (κ2) is 4.83. The molecule has 1 unspecified atom stereocenters. The third kappa shape index (κ3) is 2.46. The molecule has 1 aliphatic rings. The summed E-state index contributed by atoms with van der Waals surface area (Å²) in [5.41, 5.74) is 2.05. The van der Waals surface area contributed by atoms with Crippen molar-refractivity contribution in [3.63, 3.8) is 0 Å². The minimum Gasteiger partial charge on any atom is -0.480 e. The minimum absolute atomic E-state index is 0.324. The maximum absolute atomic E-state index is 12.3. The van der Waals surface area contributed by atoms with Gasteiger partial charge in [0.1, 0.15) is 6.04 Å². The van der Waals surface area contributed by atoms with Crippen LogP contribution < -0.4 is 5.32 Å². The van der Waals surface area contributed by atoms with Crippen LogP contribution in [0.1, 0.15) is 47.4 Å². The van der Waals surface area contributed by atoms with Gasteiger partial charge in [-0.05, 0) is 32.8 Å². The van der Waals surface area contributed by atoms with Gasteiger partial charge in [-0.2, -0.15) is 0 Å². The molecule has 7 heteroatoms. The maximum Gasteiger partial charge on any atom is 0.325 e. The number of carbonyl (C=O) groups excluding carboxylic acids is 1. The lowest BCUT2D eigenvalue weighted by Crippen LogP contribution is -2.38. The Balaban J connectivity index is 2.04. The highest BCUT2D eigenvalue weighted by Gasteiger charge is 2.29. The molecule has 0 spiro atoms. The molecule has 2 heterocycles. The van der Waals surface area contributed by atoms with Crippen LogP contribution in [0.15, 0.2) is 10.6 Å². The molecule has 3 rings (SSSR count). The van der Waals surface area contributed by atoms with E-state index in [-0.39, 0.29) is 0 Å². The first kappa shape index (κ1) is 13.5. The van der Waals surface area contributed by atoms with Crippen molar-refractivity contribution in [2.45, 2.75) is 38.6 Å². The summed E-state index contributed by atoms with van der Waals surface area (Å²) in [6.45, 7) is 3.14. The van der Waals surface area contributed by atoms with E-state index in [4.69, 9.17) is 9.63 Å². The van der Waals surface area contributed by atoms with Gasteiger partial charge in [0.15, 0.2) is 0 Å². The number of hydrogen-bond donors (Lipinski definition) is 2. The van der Waals surface area contributed by atoms with Crippen LogP contribution in [0.5, 0.6) is 0 Å². The van der Waals surface area contributed by atoms with Gasteiger partial charge >= 0.3 is 5.97 Å². The monoisotopic (exact) mass is 289 g/mol. The van der Waals surface area contributed by atoms with Crippen LogP contribution in [0.2, 0.25) is 0 Å². The van der Waals surface area contributed by atoms with Crippen LogP contribution >= 0.6 is 0 Å². The second-order valence-electron chi connectivity index (χ2n) is 5.35. The number of fused-ring (bicyclic) bond motifs is 1. The van der Waals surface area contributed by atoms with Crippen molar-refractivity contribution < 1.29 is 19.2 Å². The van der Waals surface area contributed by atoms with Crippen molar-refractivity contribution in [3.8, 4) is 0 Å². The van der Waals surface area contributed by atoms with Crippen LogP contribution in [0.3, 0.4) is 0 Å². The van der Waals surface area contributed by atoms with Crippen LogP contribution in [0.4, 0.5) is 0 Å².